The van der Waals surface area contributed by atoms with Gasteiger partial charge in [-0.1, -0.05) is 0 Å². The summed E-state index contributed by atoms with van der Waals surface area (Å²) in [5.74, 6) is 5.08. The van der Waals surface area contributed by atoms with Gasteiger partial charge in [-0.25, -0.2) is 15.5 Å². The normalized spacial score (nSPS) is 10.5. The monoisotopic (exact) mass is 287 g/mol. The van der Waals surface area contributed by atoms with Crippen molar-refractivity contribution in [1.29, 1.82) is 0 Å². The quantitative estimate of drug-likeness (QED) is 0.363. The Kier molecular flexibility index (Phi) is 2.96. The van der Waals surface area contributed by atoms with Crippen molar-refractivity contribution in [2.75, 3.05) is 5.43 Å². The van der Waals surface area contributed by atoms with Gasteiger partial charge in [0.15, 0.2) is 0 Å². The summed E-state index contributed by atoms with van der Waals surface area (Å²) in [6, 6.07) is 1.44. The van der Waals surface area contributed by atoms with E-state index in [1.807, 2.05) is 0 Å². The van der Waals surface area contributed by atoms with Gasteiger partial charge < -0.3 is 5.73 Å². The summed E-state index contributed by atoms with van der Waals surface area (Å²) < 4.78 is 2.59. The van der Waals surface area contributed by atoms with E-state index in [-0.39, 0.29) is 23.5 Å². The first kappa shape index (κ1) is 12.6. The first-order valence-corrected chi connectivity index (χ1v) is 5.61. The van der Waals surface area contributed by atoms with Gasteiger partial charge >= 0.3 is 0 Å². The molecule has 21 heavy (non-hydrogen) atoms. The number of hydrogen-bond donors (Lipinski definition) is 3. The number of hydrazine groups is 1. The van der Waals surface area contributed by atoms with E-state index in [0.29, 0.717) is 0 Å². The van der Waals surface area contributed by atoms with Crippen molar-refractivity contribution in [3.8, 4) is 11.9 Å². The number of carbonyl (C=O) groups is 1. The van der Waals surface area contributed by atoms with Gasteiger partial charge in [0, 0.05) is 6.20 Å². The van der Waals surface area contributed by atoms with E-state index in [1.54, 1.807) is 0 Å². The lowest BCUT2D eigenvalue weighted by molar-refractivity contribution is 0.0995. The number of anilines is 1. The van der Waals surface area contributed by atoms with Gasteiger partial charge in [-0.3, -0.25) is 10.2 Å². The van der Waals surface area contributed by atoms with Gasteiger partial charge in [-0.15, -0.1) is 0 Å². The fourth-order valence-electron chi connectivity index (χ4n) is 1.50. The van der Waals surface area contributed by atoms with Crippen molar-refractivity contribution in [3.63, 3.8) is 0 Å². The minimum Gasteiger partial charge on any atom is -0.364 e. The fourth-order valence-corrected chi connectivity index (χ4v) is 1.50. The van der Waals surface area contributed by atoms with Crippen molar-refractivity contribution < 1.29 is 4.79 Å². The lowest BCUT2D eigenvalue weighted by atomic mass is 10.4. The molecule has 3 heterocycles. The van der Waals surface area contributed by atoms with Gasteiger partial charge in [0.1, 0.15) is 18.3 Å². The largest absolute Gasteiger partial charge is 0.364 e. The smallest absolute Gasteiger partial charge is 0.269 e. The zero-order chi connectivity index (χ0) is 14.8. The van der Waals surface area contributed by atoms with Gasteiger partial charge in [0.25, 0.3) is 17.8 Å². The van der Waals surface area contributed by atoms with Crippen molar-refractivity contribution >= 4 is 11.9 Å². The Hall–Kier alpha value is -3.41. The minimum atomic E-state index is -0.656. The van der Waals surface area contributed by atoms with E-state index in [0.717, 1.165) is 0 Å². The number of nitrogens with zero attached hydrogens (tertiary/aromatic N) is 8. The van der Waals surface area contributed by atoms with Gasteiger partial charge in [-0.2, -0.15) is 29.8 Å². The second-order valence-electron chi connectivity index (χ2n) is 3.75. The highest BCUT2D eigenvalue weighted by atomic mass is 16.1. The third kappa shape index (κ3) is 2.37. The highest BCUT2D eigenvalue weighted by molar-refractivity contribution is 5.90. The number of nitrogens with two attached hydrogens (primary N) is 2. The number of nitrogens with one attached hydrogen (secondary N) is 1. The van der Waals surface area contributed by atoms with Crippen molar-refractivity contribution in [3.05, 3.63) is 30.6 Å². The van der Waals surface area contributed by atoms with Crippen molar-refractivity contribution in [1.82, 2.24) is 39.5 Å². The third-order valence-corrected chi connectivity index (χ3v) is 2.41. The lowest BCUT2D eigenvalue weighted by Crippen LogP contribution is -2.17. The van der Waals surface area contributed by atoms with Crippen LogP contribution in [-0.2, 0) is 0 Å². The van der Waals surface area contributed by atoms with E-state index < -0.39 is 5.91 Å². The molecule has 3 aromatic rings. The average molecular weight is 287 g/mol. The maximum Gasteiger partial charge on any atom is 0.269 e. The van der Waals surface area contributed by atoms with Gasteiger partial charge in [-0.05, 0) is 6.07 Å². The van der Waals surface area contributed by atoms with Crippen LogP contribution in [0.1, 0.15) is 10.5 Å². The van der Waals surface area contributed by atoms with E-state index in [9.17, 15) is 4.79 Å². The summed E-state index contributed by atoms with van der Waals surface area (Å²) in [5, 5.41) is 7.86. The molecule has 106 valence electrons. The maximum absolute atomic E-state index is 11.1. The summed E-state index contributed by atoms with van der Waals surface area (Å²) >= 11 is 0. The van der Waals surface area contributed by atoms with E-state index in [4.69, 9.17) is 11.6 Å². The van der Waals surface area contributed by atoms with Crippen LogP contribution in [0.2, 0.25) is 0 Å². The molecule has 0 aliphatic carbocycles. The Bertz CT molecular complexity index is 777. The van der Waals surface area contributed by atoms with Crippen LogP contribution in [0, 0.1) is 0 Å². The Morgan fingerprint density at radius 2 is 1.95 bits per heavy atom. The molecule has 3 rings (SSSR count). The van der Waals surface area contributed by atoms with Gasteiger partial charge in [0.05, 0.1) is 0 Å². The van der Waals surface area contributed by atoms with Gasteiger partial charge in [0.2, 0.25) is 5.95 Å². The number of nitrogen functional groups attached to an aromatic ring is 1. The van der Waals surface area contributed by atoms with E-state index >= 15 is 0 Å². The maximum atomic E-state index is 11.1. The first-order valence-electron chi connectivity index (χ1n) is 5.61. The van der Waals surface area contributed by atoms with E-state index in [2.05, 4.69) is 35.6 Å². The van der Waals surface area contributed by atoms with Crippen molar-refractivity contribution in [2.45, 2.75) is 0 Å². The Labute approximate surface area is 116 Å². The molecule has 0 bridgehead atoms. The van der Waals surface area contributed by atoms with Crippen molar-refractivity contribution in [2.24, 2.45) is 11.6 Å². The number of hydrogen-bond acceptors (Lipinski definition) is 9. The number of carbonyl (C=O) groups excluding carboxylic acids is 1. The summed E-state index contributed by atoms with van der Waals surface area (Å²) in [6.45, 7) is 0. The SMILES string of the molecule is NNc1nc(-n2cncn2)nc(-n2ccc(C(N)=O)n2)n1. The highest BCUT2D eigenvalue weighted by Crippen LogP contribution is 2.08. The Morgan fingerprint density at radius 1 is 1.19 bits per heavy atom. The van der Waals surface area contributed by atoms with Crippen LogP contribution < -0.4 is 17.0 Å². The van der Waals surface area contributed by atoms with Crippen LogP contribution in [0.15, 0.2) is 24.9 Å². The predicted octanol–water partition coefficient (Wildman–Crippen LogP) is -1.98. The lowest BCUT2D eigenvalue weighted by Gasteiger charge is -2.05. The van der Waals surface area contributed by atoms with Crippen LogP contribution in [0.3, 0.4) is 0 Å². The number of primary amides is 1. The molecule has 12 heteroatoms. The number of rotatable bonds is 4. The number of amides is 1. The zero-order valence-electron chi connectivity index (χ0n) is 10.5. The second kappa shape index (κ2) is 4.93. The molecule has 0 saturated heterocycles. The Morgan fingerprint density at radius 3 is 2.52 bits per heavy atom. The number of aromatic nitrogens is 8. The van der Waals surface area contributed by atoms with E-state index in [1.165, 1.54) is 34.3 Å². The molecule has 0 unspecified atom stereocenters. The molecule has 0 spiro atoms. The summed E-state index contributed by atoms with van der Waals surface area (Å²) in [4.78, 5) is 27.1. The van der Waals surface area contributed by atoms with Crippen LogP contribution in [-0.4, -0.2) is 45.4 Å². The molecule has 0 aromatic carbocycles. The molecule has 0 saturated carbocycles. The second-order valence-corrected chi connectivity index (χ2v) is 3.75. The Balaban J connectivity index is 2.09. The molecule has 1 amide bonds. The zero-order valence-corrected chi connectivity index (χ0v) is 10.5. The molecule has 0 aliphatic heterocycles. The molecule has 0 fully saturated rings. The standard InChI is InChI=1S/C9H9N11O/c10-6(21)5-1-2-19(18-5)8-14-7(17-11)15-9(16-8)20-4-12-3-13-20/h1-4H,11H2,(H2,10,21)(H,14,15,16,17). The molecule has 0 atom stereocenters. The fraction of sp³-hybridized carbons (Fsp3) is 0. The molecule has 0 aliphatic rings. The van der Waals surface area contributed by atoms with Crippen LogP contribution in [0.4, 0.5) is 5.95 Å². The molecule has 12 nitrogen and oxygen atoms in total. The molecular formula is C9H9N11O. The molecule has 5 N–H and O–H groups in total. The first-order chi connectivity index (χ1) is 10.2. The molecule has 3 aromatic heterocycles. The molecule has 0 radical (unpaired) electrons. The highest BCUT2D eigenvalue weighted by Gasteiger charge is 2.12. The summed E-state index contributed by atoms with van der Waals surface area (Å²) in [7, 11) is 0. The molecular weight excluding hydrogens is 278 g/mol. The topological polar surface area (TPSA) is 168 Å². The van der Waals surface area contributed by atoms with Crippen LogP contribution in [0.25, 0.3) is 11.9 Å². The summed E-state index contributed by atoms with van der Waals surface area (Å²) in [6.07, 6.45) is 4.23. The predicted molar refractivity (Wildman–Crippen MR) is 68.2 cm³/mol. The average Bonchev–Trinajstić information content (AvgIpc) is 3.18. The minimum absolute atomic E-state index is 0.0833. The third-order valence-electron chi connectivity index (χ3n) is 2.41. The summed E-state index contributed by atoms with van der Waals surface area (Å²) in [5.41, 5.74) is 7.54. The van der Waals surface area contributed by atoms with Crippen LogP contribution >= 0.6 is 0 Å². The van der Waals surface area contributed by atoms with Crippen LogP contribution in [0.5, 0.6) is 0 Å².